The predicted octanol–water partition coefficient (Wildman–Crippen LogP) is 6.83. The largest absolute Gasteiger partial charge is 0.341 e. The van der Waals surface area contributed by atoms with Crippen molar-refractivity contribution < 1.29 is 4.39 Å². The predicted molar refractivity (Wildman–Crippen MR) is 130 cm³/mol. The maximum atomic E-state index is 15.4. The highest BCUT2D eigenvalue weighted by atomic mass is 19.1. The van der Waals surface area contributed by atoms with Crippen LogP contribution in [-0.2, 0) is 6.54 Å². The Kier molecular flexibility index (Phi) is 4.27. The molecule has 0 amide bonds. The van der Waals surface area contributed by atoms with E-state index in [0.717, 1.165) is 50.5 Å². The molecule has 0 saturated heterocycles. The second-order valence-electron chi connectivity index (χ2n) is 8.10. The number of aromatic nitrogens is 3. The number of halogens is 1. The molecule has 158 valence electrons. The van der Waals surface area contributed by atoms with Crippen LogP contribution in [0.4, 0.5) is 4.39 Å². The van der Waals surface area contributed by atoms with Crippen LogP contribution in [0.1, 0.15) is 12.5 Å². The van der Waals surface area contributed by atoms with Crippen LogP contribution in [0.25, 0.3) is 49.5 Å². The molecule has 0 aliphatic heterocycles. The summed E-state index contributed by atoms with van der Waals surface area (Å²) < 4.78 is 19.5. The summed E-state index contributed by atoms with van der Waals surface area (Å²) in [6.07, 6.45) is 1.81. The molecule has 2 aromatic heterocycles. The average molecular weight is 430 g/mol. The molecule has 0 atom stereocenters. The fourth-order valence-electron chi connectivity index (χ4n) is 4.72. The van der Waals surface area contributed by atoms with Crippen molar-refractivity contribution in [1.29, 1.82) is 5.26 Å². The molecule has 2 heterocycles. The summed E-state index contributed by atoms with van der Waals surface area (Å²) >= 11 is 0. The first-order valence-electron chi connectivity index (χ1n) is 10.9. The highest BCUT2D eigenvalue weighted by Crippen LogP contribution is 2.36. The third kappa shape index (κ3) is 2.92. The Balaban J connectivity index is 1.54. The molecule has 0 aliphatic carbocycles. The summed E-state index contributed by atoms with van der Waals surface area (Å²) in [5.41, 5.74) is 5.84. The van der Waals surface area contributed by atoms with E-state index in [1.165, 1.54) is 0 Å². The topological polar surface area (TPSA) is 46.5 Å². The molecule has 5 heteroatoms. The molecule has 0 aliphatic rings. The van der Waals surface area contributed by atoms with Gasteiger partial charge in [-0.2, -0.15) is 10.4 Å². The summed E-state index contributed by atoms with van der Waals surface area (Å²) in [5, 5.41) is 16.5. The molecular formula is C28H19FN4. The fraction of sp³-hybridized carbons (Fsp3) is 0.0714. The minimum atomic E-state index is -0.283. The van der Waals surface area contributed by atoms with Crippen molar-refractivity contribution >= 4 is 32.7 Å². The van der Waals surface area contributed by atoms with Crippen LogP contribution in [0, 0.1) is 17.1 Å². The summed E-state index contributed by atoms with van der Waals surface area (Å²) in [7, 11) is 0. The molecule has 6 rings (SSSR count). The molecule has 33 heavy (non-hydrogen) atoms. The first-order chi connectivity index (χ1) is 16.2. The van der Waals surface area contributed by atoms with Crippen molar-refractivity contribution in [2.45, 2.75) is 13.5 Å². The Labute approximate surface area is 189 Å². The lowest BCUT2D eigenvalue weighted by Crippen LogP contribution is -1.95. The first kappa shape index (κ1) is 19.3. The number of rotatable bonds is 3. The summed E-state index contributed by atoms with van der Waals surface area (Å²) in [6.45, 7) is 2.82. The third-order valence-corrected chi connectivity index (χ3v) is 6.28. The number of benzene rings is 4. The van der Waals surface area contributed by atoms with Gasteiger partial charge in [0.05, 0.1) is 29.0 Å². The maximum absolute atomic E-state index is 15.4. The Morgan fingerprint density at radius 2 is 1.67 bits per heavy atom. The molecule has 0 unspecified atom stereocenters. The molecule has 0 N–H and O–H groups in total. The Bertz CT molecular complexity index is 1720. The van der Waals surface area contributed by atoms with Gasteiger partial charge in [-0.1, -0.05) is 24.3 Å². The zero-order valence-electron chi connectivity index (χ0n) is 18.0. The first-order valence-corrected chi connectivity index (χ1v) is 10.9. The summed E-state index contributed by atoms with van der Waals surface area (Å²) in [5.74, 6) is -0.283. The van der Waals surface area contributed by atoms with Crippen molar-refractivity contribution in [1.82, 2.24) is 14.3 Å². The quantitative estimate of drug-likeness (QED) is 0.309. The fourth-order valence-corrected chi connectivity index (χ4v) is 4.72. The lowest BCUT2D eigenvalue weighted by Gasteiger charge is -2.08. The van der Waals surface area contributed by atoms with Gasteiger partial charge < -0.3 is 4.57 Å². The Morgan fingerprint density at radius 3 is 2.45 bits per heavy atom. The van der Waals surface area contributed by atoms with Crippen LogP contribution in [0.2, 0.25) is 0 Å². The second-order valence-corrected chi connectivity index (χ2v) is 8.10. The van der Waals surface area contributed by atoms with Gasteiger partial charge in [-0.15, -0.1) is 0 Å². The van der Waals surface area contributed by atoms with Gasteiger partial charge in [0.2, 0.25) is 0 Å². The van der Waals surface area contributed by atoms with Crippen LogP contribution in [0.15, 0.2) is 85.1 Å². The number of hydrogen-bond donors (Lipinski definition) is 0. The molecule has 0 fully saturated rings. The van der Waals surface area contributed by atoms with Gasteiger partial charge in [0, 0.05) is 39.3 Å². The lowest BCUT2D eigenvalue weighted by atomic mass is 10.0. The van der Waals surface area contributed by atoms with E-state index in [-0.39, 0.29) is 5.82 Å². The minimum Gasteiger partial charge on any atom is -0.341 e. The number of nitriles is 1. The van der Waals surface area contributed by atoms with E-state index in [2.05, 4.69) is 22.7 Å². The zero-order valence-corrected chi connectivity index (χ0v) is 18.0. The van der Waals surface area contributed by atoms with Gasteiger partial charge >= 0.3 is 0 Å². The molecule has 0 radical (unpaired) electrons. The number of fused-ring (bicyclic) bond motifs is 4. The van der Waals surface area contributed by atoms with E-state index in [1.807, 2.05) is 83.7 Å². The van der Waals surface area contributed by atoms with Crippen molar-refractivity contribution in [2.75, 3.05) is 0 Å². The van der Waals surface area contributed by atoms with Crippen LogP contribution < -0.4 is 0 Å². The molecular weight excluding hydrogens is 411 g/mol. The van der Waals surface area contributed by atoms with E-state index >= 15 is 4.39 Å². The molecule has 0 spiro atoms. The van der Waals surface area contributed by atoms with Crippen LogP contribution in [0.3, 0.4) is 0 Å². The SMILES string of the molecule is CCn1c2ccc(C#N)cc2c2cc(F)c(-c3ccc4c(cnn4-c4ccccc4)c3)cc21. The van der Waals surface area contributed by atoms with Gasteiger partial charge in [-0.3, -0.25) is 0 Å². The minimum absolute atomic E-state index is 0.283. The van der Waals surface area contributed by atoms with Crippen molar-refractivity contribution in [3.63, 3.8) is 0 Å². The van der Waals surface area contributed by atoms with Crippen LogP contribution in [-0.4, -0.2) is 14.3 Å². The highest BCUT2D eigenvalue weighted by molar-refractivity contribution is 6.09. The molecule has 0 saturated carbocycles. The second kappa shape index (κ2) is 7.32. The number of nitrogens with zero attached hydrogens (tertiary/aromatic N) is 4. The molecule has 4 aromatic carbocycles. The standard InChI is InChI=1S/C28H19FN4/c1-2-32-27-10-8-18(16-30)12-23(27)24-14-25(29)22(15-28(24)32)19-9-11-26-20(13-19)17-31-33(26)21-6-4-3-5-7-21/h3-15,17H,2H2,1H3. The van der Waals surface area contributed by atoms with Crippen LogP contribution >= 0.6 is 0 Å². The molecule has 0 bridgehead atoms. The number of hydrogen-bond acceptors (Lipinski definition) is 2. The lowest BCUT2D eigenvalue weighted by molar-refractivity contribution is 0.633. The van der Waals surface area contributed by atoms with Crippen molar-refractivity contribution in [3.8, 4) is 22.9 Å². The summed E-state index contributed by atoms with van der Waals surface area (Å²) in [6, 6.07) is 27.2. The van der Waals surface area contributed by atoms with Crippen molar-refractivity contribution in [3.05, 3.63) is 96.4 Å². The Morgan fingerprint density at radius 1 is 0.879 bits per heavy atom. The van der Waals surface area contributed by atoms with Gasteiger partial charge in [0.15, 0.2) is 0 Å². The van der Waals surface area contributed by atoms with Gasteiger partial charge in [-0.25, -0.2) is 9.07 Å². The normalized spacial score (nSPS) is 11.4. The summed E-state index contributed by atoms with van der Waals surface area (Å²) in [4.78, 5) is 0. The van der Waals surface area contributed by atoms with Gasteiger partial charge in [0.25, 0.3) is 0 Å². The average Bonchev–Trinajstić information content (AvgIpc) is 3.41. The maximum Gasteiger partial charge on any atom is 0.131 e. The van der Waals surface area contributed by atoms with Crippen molar-refractivity contribution in [2.24, 2.45) is 0 Å². The number of para-hydroxylation sites is 1. The highest BCUT2D eigenvalue weighted by Gasteiger charge is 2.16. The van der Waals surface area contributed by atoms with E-state index in [0.29, 0.717) is 11.1 Å². The third-order valence-electron chi connectivity index (χ3n) is 6.28. The van der Waals surface area contributed by atoms with E-state index < -0.39 is 0 Å². The van der Waals surface area contributed by atoms with Crippen LogP contribution in [0.5, 0.6) is 0 Å². The van der Waals surface area contributed by atoms with Gasteiger partial charge in [0.1, 0.15) is 5.82 Å². The Hall–Kier alpha value is -4.43. The number of aryl methyl sites for hydroxylation is 1. The van der Waals surface area contributed by atoms with Gasteiger partial charge in [-0.05, 0) is 67.1 Å². The van der Waals surface area contributed by atoms with E-state index in [4.69, 9.17) is 0 Å². The monoisotopic (exact) mass is 430 g/mol. The molecule has 6 aromatic rings. The smallest absolute Gasteiger partial charge is 0.131 e. The molecule has 4 nitrogen and oxygen atoms in total. The van der Waals surface area contributed by atoms with E-state index in [9.17, 15) is 5.26 Å². The zero-order chi connectivity index (χ0) is 22.5. The van der Waals surface area contributed by atoms with E-state index in [1.54, 1.807) is 6.07 Å².